The molecule has 3 aliphatic rings. The number of nitrogens with one attached hydrogen (secondary N) is 4. The van der Waals surface area contributed by atoms with E-state index < -0.39 is 41.9 Å². The van der Waals surface area contributed by atoms with E-state index in [1.165, 1.54) is 19.8 Å². The van der Waals surface area contributed by atoms with E-state index in [4.69, 9.17) is 14.6 Å². The summed E-state index contributed by atoms with van der Waals surface area (Å²) in [6.45, 7) is 2.40. The molecule has 1 aromatic rings. The fourth-order valence-corrected chi connectivity index (χ4v) is 4.89. The number of rotatable bonds is 10. The Bertz CT molecular complexity index is 1210. The highest BCUT2D eigenvalue weighted by atomic mass is 16.7. The van der Waals surface area contributed by atoms with Crippen LogP contribution in [0.25, 0.3) is 0 Å². The number of imide groups is 1. The molecule has 1 aromatic carbocycles. The molecule has 2 heterocycles. The molecule has 3 atom stereocenters. The van der Waals surface area contributed by atoms with Gasteiger partial charge in [0.05, 0.1) is 13.0 Å². The maximum atomic E-state index is 12.9. The number of hydrogen-bond donors (Lipinski definition) is 5. The maximum absolute atomic E-state index is 12.9. The third-order valence-electron chi connectivity index (χ3n) is 6.92. The van der Waals surface area contributed by atoms with Crippen molar-refractivity contribution >= 4 is 41.8 Å². The van der Waals surface area contributed by atoms with Crippen molar-refractivity contribution in [2.75, 3.05) is 13.1 Å². The Morgan fingerprint density at radius 1 is 1.05 bits per heavy atom. The molecule has 5 amide bonds. The lowest BCUT2D eigenvalue weighted by Gasteiger charge is -2.27. The Kier molecular flexibility index (Phi) is 12.7. The van der Waals surface area contributed by atoms with Gasteiger partial charge in [0.25, 0.3) is 11.9 Å². The first-order valence-electron chi connectivity index (χ1n) is 14.4. The van der Waals surface area contributed by atoms with Gasteiger partial charge < -0.3 is 30.6 Å². The molecule has 240 valence electrons. The molecule has 0 radical (unpaired) electrons. The van der Waals surface area contributed by atoms with Gasteiger partial charge in [0.15, 0.2) is 5.96 Å². The Balaban J connectivity index is 0.00000124. The van der Waals surface area contributed by atoms with E-state index in [9.17, 15) is 24.0 Å². The van der Waals surface area contributed by atoms with Gasteiger partial charge in [-0.15, -0.1) is 5.48 Å². The lowest BCUT2D eigenvalue weighted by atomic mass is 9.92. The summed E-state index contributed by atoms with van der Waals surface area (Å²) in [7, 11) is 0. The molecule has 1 aliphatic carbocycles. The highest BCUT2D eigenvalue weighted by Gasteiger charge is 2.42. The summed E-state index contributed by atoms with van der Waals surface area (Å²) in [5, 5.41) is 18.4. The van der Waals surface area contributed by atoms with E-state index in [0.29, 0.717) is 36.5 Å². The van der Waals surface area contributed by atoms with Crippen molar-refractivity contribution in [2.24, 2.45) is 4.99 Å². The number of benzene rings is 1. The minimum Gasteiger partial charge on any atom is -0.481 e. The quantitative estimate of drug-likeness (QED) is 0.143. The van der Waals surface area contributed by atoms with Gasteiger partial charge in [0.1, 0.15) is 12.6 Å². The first kappa shape index (κ1) is 33.6. The highest BCUT2D eigenvalue weighted by Crippen LogP contribution is 2.21. The number of aliphatic imine (C=N–C) groups is 1. The first-order valence-corrected chi connectivity index (χ1v) is 14.4. The minimum absolute atomic E-state index is 0.0160. The number of aliphatic carboxylic acids is 1. The predicted molar refractivity (Wildman–Crippen MR) is 154 cm³/mol. The average molecular weight is 618 g/mol. The molecule has 0 bridgehead atoms. The number of nitrogens with zero attached hydrogens (tertiary/aromatic N) is 3. The summed E-state index contributed by atoms with van der Waals surface area (Å²) in [5.74, 6) is -2.15. The molecule has 16 heteroatoms. The smallest absolute Gasteiger partial charge is 0.441 e. The summed E-state index contributed by atoms with van der Waals surface area (Å²) in [6.07, 6.45) is 4.19. The highest BCUT2D eigenvalue weighted by molar-refractivity contribution is 6.05. The van der Waals surface area contributed by atoms with Crippen LogP contribution < -0.4 is 21.4 Å². The standard InChI is InChI=1S/C26H35N7O7.C2H4O2/c1-17(34)32(15-13-22(35)40-31-26(38)39-16-18-8-3-2-4-9-18)33-23(36)21(30-25(33)37)12-7-14-27-24-28-19-10-5-6-11-20(19)29-24;1-2(3)4/h2-4,8-9,19-21H,5-7,10-16H2,1H3,(H,30,37)(H,31,38)(H2,27,28,29);1H3,(H,3,4)/t19-,20+,21-;/m0./s1. The number of amides is 5. The van der Waals surface area contributed by atoms with Gasteiger partial charge in [-0.25, -0.2) is 19.4 Å². The van der Waals surface area contributed by atoms with E-state index in [0.717, 1.165) is 36.3 Å². The normalized spacial score (nSPS) is 21.1. The lowest BCUT2D eigenvalue weighted by molar-refractivity contribution is -0.158. The van der Waals surface area contributed by atoms with Crippen LogP contribution in [0.2, 0.25) is 0 Å². The van der Waals surface area contributed by atoms with Crippen LogP contribution >= 0.6 is 0 Å². The van der Waals surface area contributed by atoms with Gasteiger partial charge >= 0.3 is 18.1 Å². The fourth-order valence-electron chi connectivity index (χ4n) is 4.89. The van der Waals surface area contributed by atoms with E-state index >= 15 is 0 Å². The number of hydroxylamine groups is 1. The molecule has 4 rings (SSSR count). The summed E-state index contributed by atoms with van der Waals surface area (Å²) < 4.78 is 4.94. The second-order valence-electron chi connectivity index (χ2n) is 10.4. The van der Waals surface area contributed by atoms with Gasteiger partial charge in [-0.05, 0) is 31.2 Å². The number of carboxylic acids is 1. The second kappa shape index (κ2) is 16.7. The molecule has 0 aromatic heterocycles. The molecular formula is C28H39N7O9. The molecule has 44 heavy (non-hydrogen) atoms. The third-order valence-corrected chi connectivity index (χ3v) is 6.92. The number of guanidine groups is 1. The Morgan fingerprint density at radius 2 is 1.68 bits per heavy atom. The van der Waals surface area contributed by atoms with E-state index in [2.05, 4.69) is 25.8 Å². The van der Waals surface area contributed by atoms with E-state index in [1.807, 2.05) is 11.5 Å². The number of hydrogen-bond acceptors (Lipinski definition) is 9. The average Bonchev–Trinajstić information content (AvgIpc) is 3.53. The Morgan fingerprint density at radius 3 is 2.30 bits per heavy atom. The number of carbonyl (C=O) groups excluding carboxylic acids is 5. The first-order chi connectivity index (χ1) is 21.0. The van der Waals surface area contributed by atoms with Crippen LogP contribution in [0.1, 0.15) is 64.4 Å². The zero-order valence-corrected chi connectivity index (χ0v) is 24.7. The van der Waals surface area contributed by atoms with Crippen LogP contribution in [0.3, 0.4) is 0 Å². The van der Waals surface area contributed by atoms with Gasteiger partial charge in [-0.1, -0.05) is 43.2 Å². The number of carboxylic acid groups (broad SMARTS) is 1. The van der Waals surface area contributed by atoms with Crippen molar-refractivity contribution in [3.8, 4) is 0 Å². The Labute approximate surface area is 254 Å². The van der Waals surface area contributed by atoms with Crippen LogP contribution in [0.15, 0.2) is 35.3 Å². The lowest BCUT2D eigenvalue weighted by Crippen LogP contribution is -2.50. The zero-order valence-electron chi connectivity index (χ0n) is 24.7. The second-order valence-corrected chi connectivity index (χ2v) is 10.4. The topological polar surface area (TPSA) is 208 Å². The number of ether oxygens (including phenoxy) is 1. The molecule has 5 N–H and O–H groups in total. The van der Waals surface area contributed by atoms with Crippen LogP contribution in [-0.2, 0) is 35.4 Å². The van der Waals surface area contributed by atoms with Crippen molar-refractivity contribution in [3.05, 3.63) is 35.9 Å². The number of urea groups is 1. The van der Waals surface area contributed by atoms with Crippen LogP contribution in [-0.4, -0.2) is 88.2 Å². The minimum atomic E-state index is -0.972. The molecule has 3 fully saturated rings. The van der Waals surface area contributed by atoms with Crippen molar-refractivity contribution in [1.29, 1.82) is 0 Å². The maximum Gasteiger partial charge on any atom is 0.441 e. The molecule has 2 saturated heterocycles. The van der Waals surface area contributed by atoms with Crippen LogP contribution in [0.4, 0.5) is 9.59 Å². The largest absolute Gasteiger partial charge is 0.481 e. The SMILES string of the molecule is CC(=O)N(CCC(=O)ONC(=O)OCc1ccccc1)N1C(=O)N[C@@H](CCCN=C2N[C@H]3CCCC[C@H]3N2)C1=O.CC(=O)O. The molecule has 0 spiro atoms. The van der Waals surface area contributed by atoms with Crippen LogP contribution in [0.5, 0.6) is 0 Å². The van der Waals surface area contributed by atoms with Gasteiger partial charge in [0.2, 0.25) is 5.91 Å². The van der Waals surface area contributed by atoms with Crippen molar-refractivity contribution in [2.45, 2.75) is 83.5 Å². The van der Waals surface area contributed by atoms with E-state index in [-0.39, 0.29) is 19.6 Å². The van der Waals surface area contributed by atoms with Gasteiger partial charge in [-0.2, -0.15) is 5.01 Å². The number of fused-ring (bicyclic) bond motifs is 1. The van der Waals surface area contributed by atoms with Crippen molar-refractivity contribution in [3.63, 3.8) is 0 Å². The Hall–Kier alpha value is -4.89. The molecule has 2 aliphatic heterocycles. The van der Waals surface area contributed by atoms with Crippen molar-refractivity contribution in [1.82, 2.24) is 31.4 Å². The van der Waals surface area contributed by atoms with Gasteiger partial charge in [0, 0.05) is 32.5 Å². The summed E-state index contributed by atoms with van der Waals surface area (Å²) in [6, 6.07) is 8.19. The van der Waals surface area contributed by atoms with E-state index in [1.54, 1.807) is 24.3 Å². The van der Waals surface area contributed by atoms with Crippen molar-refractivity contribution < 1.29 is 43.4 Å². The summed E-state index contributed by atoms with van der Waals surface area (Å²) in [5.41, 5.74) is 2.62. The summed E-state index contributed by atoms with van der Waals surface area (Å²) in [4.78, 5) is 79.7. The van der Waals surface area contributed by atoms with Crippen LogP contribution in [0, 0.1) is 0 Å². The zero-order chi connectivity index (χ0) is 32.1. The summed E-state index contributed by atoms with van der Waals surface area (Å²) >= 11 is 0. The molecular weight excluding hydrogens is 578 g/mol. The fraction of sp³-hybridized carbons (Fsp3) is 0.536. The van der Waals surface area contributed by atoms with Gasteiger partial charge in [-0.3, -0.25) is 19.4 Å². The number of carbonyl (C=O) groups is 6. The predicted octanol–water partition coefficient (Wildman–Crippen LogP) is 1.18. The monoisotopic (exact) mass is 617 g/mol. The molecule has 1 saturated carbocycles. The molecule has 16 nitrogen and oxygen atoms in total. The molecule has 0 unspecified atom stereocenters. The number of hydrazine groups is 1. The third kappa shape index (κ3) is 10.4.